The molecule has 0 bridgehead atoms. The summed E-state index contributed by atoms with van der Waals surface area (Å²) < 4.78 is 0.872. The van der Waals surface area contributed by atoms with Crippen LogP contribution in [-0.4, -0.2) is 5.11 Å². The molecule has 1 N–H and O–H groups in total. The monoisotopic (exact) mass is 226 g/mol. The van der Waals surface area contributed by atoms with E-state index in [4.69, 9.17) is 0 Å². The molecule has 64 valence electrons. The summed E-state index contributed by atoms with van der Waals surface area (Å²) in [6.45, 7) is 0. The molecular formula is C10H11BrO. The van der Waals surface area contributed by atoms with Gasteiger partial charge in [-0.3, -0.25) is 0 Å². The van der Waals surface area contributed by atoms with Crippen molar-refractivity contribution in [1.29, 1.82) is 0 Å². The average molecular weight is 227 g/mol. The second-order valence-corrected chi connectivity index (χ2v) is 4.19. The van der Waals surface area contributed by atoms with E-state index in [0.717, 1.165) is 16.8 Å². The van der Waals surface area contributed by atoms with Crippen molar-refractivity contribution in [2.24, 2.45) is 5.92 Å². The third-order valence-corrected chi connectivity index (χ3v) is 3.18. The Balaban J connectivity index is 2.23. The van der Waals surface area contributed by atoms with Gasteiger partial charge in [0.25, 0.3) is 0 Å². The second kappa shape index (κ2) is 3.09. The van der Waals surface area contributed by atoms with Crippen molar-refractivity contribution < 1.29 is 5.11 Å². The molecule has 0 heterocycles. The summed E-state index contributed by atoms with van der Waals surface area (Å²) in [4.78, 5) is 0. The zero-order valence-electron chi connectivity index (χ0n) is 6.76. The smallest absolute Gasteiger partial charge is 0.130 e. The van der Waals surface area contributed by atoms with E-state index in [1.54, 1.807) is 6.07 Å². The summed E-state index contributed by atoms with van der Waals surface area (Å²) in [5.74, 6) is 1.22. The van der Waals surface area contributed by atoms with E-state index in [9.17, 15) is 5.11 Å². The van der Waals surface area contributed by atoms with Crippen molar-refractivity contribution in [3.63, 3.8) is 0 Å². The summed E-state index contributed by atoms with van der Waals surface area (Å²) in [5, 5.41) is 9.39. The zero-order valence-corrected chi connectivity index (χ0v) is 8.34. The highest BCUT2D eigenvalue weighted by Gasteiger charge is 2.22. The molecule has 1 aliphatic carbocycles. The van der Waals surface area contributed by atoms with Crippen LogP contribution in [0.5, 0.6) is 5.75 Å². The molecule has 0 aromatic heterocycles. The molecule has 1 nitrogen and oxygen atoms in total. The van der Waals surface area contributed by atoms with Gasteiger partial charge < -0.3 is 5.11 Å². The maximum absolute atomic E-state index is 9.39. The molecule has 0 amide bonds. The van der Waals surface area contributed by atoms with Gasteiger partial charge >= 0.3 is 0 Å². The van der Waals surface area contributed by atoms with Gasteiger partial charge in [0.2, 0.25) is 0 Å². The third-order valence-electron chi connectivity index (χ3n) is 2.26. The number of aromatic hydroxyl groups is 1. The molecule has 1 aromatic rings. The predicted octanol–water partition coefficient (Wildman–Crippen LogP) is 3.11. The van der Waals surface area contributed by atoms with E-state index < -0.39 is 0 Å². The third kappa shape index (κ3) is 1.63. The summed E-state index contributed by atoms with van der Waals surface area (Å²) in [5.41, 5.74) is 1.23. The Labute approximate surface area is 80.5 Å². The summed E-state index contributed by atoms with van der Waals surface area (Å²) in [7, 11) is 0. The average Bonchev–Trinajstić information content (AvgIpc) is 2.83. The van der Waals surface area contributed by atoms with E-state index in [1.165, 1.54) is 18.4 Å². The number of hydrogen-bond acceptors (Lipinski definition) is 1. The van der Waals surface area contributed by atoms with Crippen LogP contribution in [0.4, 0.5) is 0 Å². The van der Waals surface area contributed by atoms with Crippen LogP contribution in [0.15, 0.2) is 22.7 Å². The lowest BCUT2D eigenvalue weighted by atomic mass is 10.1. The van der Waals surface area contributed by atoms with Crippen molar-refractivity contribution in [2.45, 2.75) is 19.3 Å². The first-order valence-corrected chi connectivity index (χ1v) is 5.03. The van der Waals surface area contributed by atoms with Crippen LogP contribution >= 0.6 is 15.9 Å². The fraction of sp³-hybridized carbons (Fsp3) is 0.400. The van der Waals surface area contributed by atoms with Crippen LogP contribution in [0, 0.1) is 5.92 Å². The van der Waals surface area contributed by atoms with Crippen molar-refractivity contribution >= 4 is 15.9 Å². The van der Waals surface area contributed by atoms with Gasteiger partial charge in [-0.25, -0.2) is 0 Å². The van der Waals surface area contributed by atoms with Crippen molar-refractivity contribution in [3.8, 4) is 5.75 Å². The molecule has 0 atom stereocenters. The van der Waals surface area contributed by atoms with E-state index in [2.05, 4.69) is 22.0 Å². The minimum atomic E-state index is 0.355. The molecule has 1 saturated carbocycles. The fourth-order valence-electron chi connectivity index (χ4n) is 1.36. The Morgan fingerprint density at radius 1 is 1.42 bits per heavy atom. The molecule has 2 rings (SSSR count). The maximum Gasteiger partial charge on any atom is 0.130 e. The molecule has 0 aliphatic heterocycles. The Bertz CT molecular complexity index is 292. The summed E-state index contributed by atoms with van der Waals surface area (Å²) in [6, 6.07) is 5.68. The van der Waals surface area contributed by atoms with Gasteiger partial charge in [0.15, 0.2) is 0 Å². The molecule has 0 saturated heterocycles. The van der Waals surface area contributed by atoms with Gasteiger partial charge in [0, 0.05) is 0 Å². The molecule has 1 aromatic carbocycles. The van der Waals surface area contributed by atoms with E-state index in [1.807, 2.05) is 6.07 Å². The van der Waals surface area contributed by atoms with Crippen LogP contribution in [0.2, 0.25) is 0 Å². The largest absolute Gasteiger partial charge is 0.507 e. The lowest BCUT2D eigenvalue weighted by molar-refractivity contribution is 0.470. The van der Waals surface area contributed by atoms with E-state index in [0.29, 0.717) is 5.75 Å². The van der Waals surface area contributed by atoms with Gasteiger partial charge in [0.1, 0.15) is 5.75 Å². The van der Waals surface area contributed by atoms with Gasteiger partial charge in [0.05, 0.1) is 4.47 Å². The molecule has 0 spiro atoms. The van der Waals surface area contributed by atoms with Crippen molar-refractivity contribution in [1.82, 2.24) is 0 Å². The minimum Gasteiger partial charge on any atom is -0.507 e. The number of hydrogen-bond donors (Lipinski definition) is 1. The fourth-order valence-corrected chi connectivity index (χ4v) is 1.78. The van der Waals surface area contributed by atoms with Crippen LogP contribution in [0.1, 0.15) is 18.4 Å². The second-order valence-electron chi connectivity index (χ2n) is 3.40. The van der Waals surface area contributed by atoms with Crippen LogP contribution in [0.25, 0.3) is 0 Å². The molecule has 2 heteroatoms. The van der Waals surface area contributed by atoms with E-state index in [-0.39, 0.29) is 0 Å². The highest BCUT2D eigenvalue weighted by molar-refractivity contribution is 9.10. The zero-order chi connectivity index (χ0) is 8.55. The lowest BCUT2D eigenvalue weighted by Crippen LogP contribution is -1.88. The lowest BCUT2D eigenvalue weighted by Gasteiger charge is -2.03. The van der Waals surface area contributed by atoms with Gasteiger partial charge in [-0.2, -0.15) is 0 Å². The maximum atomic E-state index is 9.39. The Hall–Kier alpha value is -0.500. The number of benzene rings is 1. The normalized spacial score (nSPS) is 16.4. The van der Waals surface area contributed by atoms with Gasteiger partial charge in [-0.05, 0) is 52.7 Å². The topological polar surface area (TPSA) is 20.2 Å². The first-order valence-electron chi connectivity index (χ1n) is 4.23. The Morgan fingerprint density at radius 3 is 2.83 bits per heavy atom. The minimum absolute atomic E-state index is 0.355. The summed E-state index contributed by atoms with van der Waals surface area (Å²) >= 11 is 3.39. The van der Waals surface area contributed by atoms with Crippen molar-refractivity contribution in [2.75, 3.05) is 0 Å². The highest BCUT2D eigenvalue weighted by atomic mass is 79.9. The van der Waals surface area contributed by atoms with Gasteiger partial charge in [-0.1, -0.05) is 12.1 Å². The predicted molar refractivity (Wildman–Crippen MR) is 52.2 cm³/mol. The number of phenolic OH excluding ortho intramolecular Hbond substituents is 1. The van der Waals surface area contributed by atoms with Crippen LogP contribution in [0.3, 0.4) is 0 Å². The molecule has 0 unspecified atom stereocenters. The van der Waals surface area contributed by atoms with E-state index >= 15 is 0 Å². The highest BCUT2D eigenvalue weighted by Crippen LogP contribution is 2.36. The SMILES string of the molecule is Oc1cccc(CC2CC2)c1Br. The quantitative estimate of drug-likeness (QED) is 0.822. The Kier molecular flexibility index (Phi) is 2.09. The molecular weight excluding hydrogens is 216 g/mol. The van der Waals surface area contributed by atoms with Gasteiger partial charge in [-0.15, -0.1) is 0 Å². The first-order chi connectivity index (χ1) is 5.77. The number of halogens is 1. The number of rotatable bonds is 2. The van der Waals surface area contributed by atoms with Crippen molar-refractivity contribution in [3.05, 3.63) is 28.2 Å². The Morgan fingerprint density at radius 2 is 2.17 bits per heavy atom. The molecule has 1 aliphatic rings. The van der Waals surface area contributed by atoms with Crippen LogP contribution in [-0.2, 0) is 6.42 Å². The van der Waals surface area contributed by atoms with Crippen LogP contribution < -0.4 is 0 Å². The molecule has 12 heavy (non-hydrogen) atoms. The number of phenols is 1. The molecule has 0 radical (unpaired) electrons. The first kappa shape index (κ1) is 8.11. The summed E-state index contributed by atoms with van der Waals surface area (Å²) in [6.07, 6.45) is 3.80. The standard InChI is InChI=1S/C10H11BrO/c11-10-8(6-7-4-5-7)2-1-3-9(10)12/h1-3,7,12H,4-6H2. The molecule has 1 fully saturated rings.